The van der Waals surface area contributed by atoms with Crippen LogP contribution >= 0.6 is 24.0 Å². The van der Waals surface area contributed by atoms with Crippen LogP contribution in [0.1, 0.15) is 56.6 Å². The molecule has 0 radical (unpaired) electrons. The Labute approximate surface area is 191 Å². The molecule has 0 spiro atoms. The highest BCUT2D eigenvalue weighted by Gasteiger charge is 2.13. The van der Waals surface area contributed by atoms with Gasteiger partial charge in [-0.1, -0.05) is 38.0 Å². The fourth-order valence-electron chi connectivity index (χ4n) is 3.01. The number of unbranched alkanes of at least 4 members (excludes halogenated alkanes) is 1. The fourth-order valence-corrected chi connectivity index (χ4v) is 3.01. The summed E-state index contributed by atoms with van der Waals surface area (Å²) in [5, 5.41) is 15.1. The van der Waals surface area contributed by atoms with E-state index in [1.165, 1.54) is 5.56 Å². The largest absolute Gasteiger partial charge is 0.496 e. The van der Waals surface area contributed by atoms with E-state index in [9.17, 15) is 0 Å². The van der Waals surface area contributed by atoms with Gasteiger partial charge in [-0.25, -0.2) is 0 Å². The van der Waals surface area contributed by atoms with Crippen molar-refractivity contribution in [3.8, 4) is 5.75 Å². The standard InChI is InChI=1S/C21H34N6O.HI/c1-6-8-11-22-21(23-12-13-27-15-24-26-20(27)7-2)25-17(4)18-14-16(3)9-10-19(18)28-5;/h9-10,14-15,17H,6-8,11-13H2,1-5H3,(H2,22,23,25);1H. The van der Waals surface area contributed by atoms with Crippen molar-refractivity contribution >= 4 is 29.9 Å². The van der Waals surface area contributed by atoms with Crippen LogP contribution in [0.15, 0.2) is 29.5 Å². The van der Waals surface area contributed by atoms with Crippen LogP contribution in [0.2, 0.25) is 0 Å². The molecule has 2 aromatic rings. The van der Waals surface area contributed by atoms with Gasteiger partial charge >= 0.3 is 0 Å². The third-order valence-electron chi connectivity index (χ3n) is 4.64. The van der Waals surface area contributed by atoms with Crippen LogP contribution in [0.5, 0.6) is 5.75 Å². The molecule has 7 nitrogen and oxygen atoms in total. The van der Waals surface area contributed by atoms with Crippen LogP contribution in [0, 0.1) is 6.92 Å². The van der Waals surface area contributed by atoms with Crippen LogP contribution in [0.25, 0.3) is 0 Å². The van der Waals surface area contributed by atoms with Crippen molar-refractivity contribution in [2.45, 2.75) is 59.5 Å². The third kappa shape index (κ3) is 7.83. The van der Waals surface area contributed by atoms with Crippen molar-refractivity contribution in [1.29, 1.82) is 0 Å². The van der Waals surface area contributed by atoms with Gasteiger partial charge in [-0.3, -0.25) is 4.99 Å². The van der Waals surface area contributed by atoms with Crippen LogP contribution in [0.3, 0.4) is 0 Å². The van der Waals surface area contributed by atoms with Crippen LogP contribution < -0.4 is 15.4 Å². The van der Waals surface area contributed by atoms with E-state index < -0.39 is 0 Å². The molecule has 29 heavy (non-hydrogen) atoms. The van der Waals surface area contributed by atoms with E-state index >= 15 is 0 Å². The molecular weight excluding hydrogens is 479 g/mol. The van der Waals surface area contributed by atoms with E-state index in [4.69, 9.17) is 9.73 Å². The van der Waals surface area contributed by atoms with Gasteiger partial charge in [-0.2, -0.15) is 0 Å². The molecular formula is C21H35IN6O. The number of hydrogen-bond acceptors (Lipinski definition) is 4. The van der Waals surface area contributed by atoms with Crippen LogP contribution in [0.4, 0.5) is 0 Å². The minimum Gasteiger partial charge on any atom is -0.496 e. The molecule has 2 rings (SSSR count). The molecule has 0 fully saturated rings. The normalized spacial score (nSPS) is 12.2. The summed E-state index contributed by atoms with van der Waals surface area (Å²) in [5.74, 6) is 2.70. The predicted molar refractivity (Wildman–Crippen MR) is 129 cm³/mol. The number of aliphatic imine (C=N–C) groups is 1. The monoisotopic (exact) mass is 514 g/mol. The average Bonchev–Trinajstić information content (AvgIpc) is 3.15. The Kier molecular flexibility index (Phi) is 11.6. The lowest BCUT2D eigenvalue weighted by Crippen LogP contribution is -2.40. The Morgan fingerprint density at radius 2 is 2.10 bits per heavy atom. The second-order valence-electron chi connectivity index (χ2n) is 6.92. The molecule has 0 aliphatic carbocycles. The van der Waals surface area contributed by atoms with Crippen molar-refractivity contribution in [1.82, 2.24) is 25.4 Å². The summed E-state index contributed by atoms with van der Waals surface area (Å²) in [6, 6.07) is 6.31. The summed E-state index contributed by atoms with van der Waals surface area (Å²) in [7, 11) is 1.71. The van der Waals surface area contributed by atoms with E-state index in [1.807, 2.05) is 6.07 Å². The van der Waals surface area contributed by atoms with E-state index in [1.54, 1.807) is 13.4 Å². The summed E-state index contributed by atoms with van der Waals surface area (Å²) in [4.78, 5) is 4.73. The lowest BCUT2D eigenvalue weighted by molar-refractivity contribution is 0.405. The summed E-state index contributed by atoms with van der Waals surface area (Å²) in [5.41, 5.74) is 2.33. The molecule has 1 unspecified atom stereocenters. The van der Waals surface area contributed by atoms with E-state index in [-0.39, 0.29) is 30.0 Å². The molecule has 1 aromatic heterocycles. The SMILES string of the molecule is CCCCN=C(NCCn1cnnc1CC)NC(C)c1cc(C)ccc1OC.I. The number of ether oxygens (including phenoxy) is 1. The molecule has 0 bridgehead atoms. The second-order valence-corrected chi connectivity index (χ2v) is 6.92. The summed E-state index contributed by atoms with van der Waals surface area (Å²) >= 11 is 0. The number of halogens is 1. The fraction of sp³-hybridized carbons (Fsp3) is 0.571. The van der Waals surface area contributed by atoms with Crippen molar-refractivity contribution in [2.24, 2.45) is 4.99 Å². The smallest absolute Gasteiger partial charge is 0.191 e. The molecule has 0 aliphatic heterocycles. The topological polar surface area (TPSA) is 76.4 Å². The quantitative estimate of drug-likeness (QED) is 0.218. The number of rotatable bonds is 10. The molecule has 8 heteroatoms. The first kappa shape index (κ1) is 25.2. The van der Waals surface area contributed by atoms with Gasteiger partial charge in [0.2, 0.25) is 0 Å². The van der Waals surface area contributed by atoms with Crippen molar-refractivity contribution in [3.63, 3.8) is 0 Å². The zero-order chi connectivity index (χ0) is 20.4. The van der Waals surface area contributed by atoms with Crippen molar-refractivity contribution in [3.05, 3.63) is 41.5 Å². The molecule has 0 saturated heterocycles. The number of nitrogens with zero attached hydrogens (tertiary/aromatic N) is 4. The zero-order valence-electron chi connectivity index (χ0n) is 18.2. The van der Waals surface area contributed by atoms with Gasteiger partial charge in [-0.05, 0) is 26.3 Å². The molecule has 162 valence electrons. The maximum atomic E-state index is 5.54. The van der Waals surface area contributed by atoms with E-state index in [0.29, 0.717) is 0 Å². The number of nitrogens with one attached hydrogen (secondary N) is 2. The van der Waals surface area contributed by atoms with Gasteiger partial charge in [0.25, 0.3) is 0 Å². The summed E-state index contributed by atoms with van der Waals surface area (Å²) in [6.45, 7) is 10.8. The lowest BCUT2D eigenvalue weighted by Gasteiger charge is -2.21. The maximum absolute atomic E-state index is 5.54. The maximum Gasteiger partial charge on any atom is 0.191 e. The molecule has 0 saturated carbocycles. The highest BCUT2D eigenvalue weighted by Crippen LogP contribution is 2.25. The lowest BCUT2D eigenvalue weighted by atomic mass is 10.0. The van der Waals surface area contributed by atoms with Gasteiger partial charge in [0.05, 0.1) is 13.2 Å². The Bertz CT molecular complexity index is 761. The van der Waals surface area contributed by atoms with Gasteiger partial charge in [0, 0.05) is 31.6 Å². The van der Waals surface area contributed by atoms with Crippen LogP contribution in [-0.2, 0) is 13.0 Å². The van der Waals surface area contributed by atoms with Gasteiger partial charge in [0.1, 0.15) is 17.9 Å². The molecule has 1 atom stereocenters. The molecule has 1 aromatic carbocycles. The number of benzene rings is 1. The van der Waals surface area contributed by atoms with E-state index in [0.717, 1.165) is 62.0 Å². The molecule has 0 aliphatic rings. The Morgan fingerprint density at radius 3 is 2.79 bits per heavy atom. The van der Waals surface area contributed by atoms with Crippen LogP contribution in [-0.4, -0.2) is 40.9 Å². The first-order valence-corrected chi connectivity index (χ1v) is 10.1. The molecule has 2 N–H and O–H groups in total. The number of aromatic nitrogens is 3. The summed E-state index contributed by atoms with van der Waals surface area (Å²) in [6.07, 6.45) is 4.85. The second kappa shape index (κ2) is 13.4. The highest BCUT2D eigenvalue weighted by atomic mass is 127. The number of methoxy groups -OCH3 is 1. The summed E-state index contributed by atoms with van der Waals surface area (Å²) < 4.78 is 7.61. The Balaban J connectivity index is 0.00000420. The van der Waals surface area contributed by atoms with Crippen molar-refractivity contribution < 1.29 is 4.74 Å². The van der Waals surface area contributed by atoms with Gasteiger partial charge < -0.3 is 19.9 Å². The van der Waals surface area contributed by atoms with Gasteiger partial charge in [0.15, 0.2) is 5.96 Å². The highest BCUT2D eigenvalue weighted by molar-refractivity contribution is 14.0. The number of hydrogen-bond donors (Lipinski definition) is 2. The number of guanidine groups is 1. The number of aryl methyl sites for hydroxylation is 2. The van der Waals surface area contributed by atoms with Gasteiger partial charge in [-0.15, -0.1) is 34.2 Å². The first-order chi connectivity index (χ1) is 13.6. The third-order valence-corrected chi connectivity index (χ3v) is 4.64. The minimum atomic E-state index is 0. The Morgan fingerprint density at radius 1 is 1.31 bits per heavy atom. The van der Waals surface area contributed by atoms with Crippen molar-refractivity contribution in [2.75, 3.05) is 20.2 Å². The molecule has 1 heterocycles. The predicted octanol–water partition coefficient (Wildman–Crippen LogP) is 3.87. The Hall–Kier alpha value is -1.84. The minimum absolute atomic E-state index is 0. The zero-order valence-corrected chi connectivity index (χ0v) is 20.6. The average molecular weight is 514 g/mol. The van der Waals surface area contributed by atoms with E-state index in [2.05, 4.69) is 65.2 Å². The molecule has 0 amide bonds. The first-order valence-electron chi connectivity index (χ1n) is 10.1.